The first kappa shape index (κ1) is 17.1. The van der Waals surface area contributed by atoms with Crippen LogP contribution in [-0.2, 0) is 4.79 Å². The highest BCUT2D eigenvalue weighted by molar-refractivity contribution is 5.79. The SMILES string of the molecule is O=C(NC[C@H]1N[C@H](CO)[C@@H]1c1ccc(-c2cncnc2)cc1)C1CCC1. The highest BCUT2D eigenvalue weighted by Gasteiger charge is 2.41. The van der Waals surface area contributed by atoms with E-state index in [1.165, 1.54) is 11.9 Å². The van der Waals surface area contributed by atoms with Crippen LogP contribution in [0.25, 0.3) is 11.1 Å². The van der Waals surface area contributed by atoms with E-state index in [1.807, 2.05) is 0 Å². The van der Waals surface area contributed by atoms with Gasteiger partial charge >= 0.3 is 0 Å². The molecular formula is C20H24N4O2. The number of rotatable bonds is 6. The summed E-state index contributed by atoms with van der Waals surface area (Å²) in [6.45, 7) is 0.691. The van der Waals surface area contributed by atoms with Gasteiger partial charge in [-0.05, 0) is 24.0 Å². The van der Waals surface area contributed by atoms with Gasteiger partial charge in [-0.25, -0.2) is 9.97 Å². The molecule has 136 valence electrons. The Morgan fingerprint density at radius 2 is 1.85 bits per heavy atom. The molecule has 0 bridgehead atoms. The molecule has 0 spiro atoms. The third kappa shape index (κ3) is 3.34. The maximum atomic E-state index is 12.1. The van der Waals surface area contributed by atoms with Gasteiger partial charge in [-0.1, -0.05) is 30.7 Å². The molecule has 1 saturated heterocycles. The Labute approximate surface area is 153 Å². The van der Waals surface area contributed by atoms with E-state index in [1.54, 1.807) is 12.4 Å². The normalized spacial score (nSPS) is 25.2. The summed E-state index contributed by atoms with van der Waals surface area (Å²) in [5.74, 6) is 0.570. The summed E-state index contributed by atoms with van der Waals surface area (Å²) < 4.78 is 0. The van der Waals surface area contributed by atoms with Gasteiger partial charge in [0.1, 0.15) is 6.33 Å². The van der Waals surface area contributed by atoms with Gasteiger partial charge in [-0.15, -0.1) is 0 Å². The number of hydrogen-bond acceptors (Lipinski definition) is 5. The Morgan fingerprint density at radius 3 is 2.46 bits per heavy atom. The van der Waals surface area contributed by atoms with Gasteiger partial charge in [0, 0.05) is 48.4 Å². The molecule has 1 aromatic heterocycles. The molecule has 6 heteroatoms. The van der Waals surface area contributed by atoms with Crippen molar-refractivity contribution in [3.05, 3.63) is 48.5 Å². The molecule has 2 heterocycles. The van der Waals surface area contributed by atoms with Crippen LogP contribution in [-0.4, -0.2) is 46.2 Å². The van der Waals surface area contributed by atoms with Crippen molar-refractivity contribution in [3.8, 4) is 11.1 Å². The standard InChI is InChI=1S/C20H24N4O2/c25-11-18-19(17(24-18)10-23-20(26)15-2-1-3-15)14-6-4-13(5-7-14)16-8-21-12-22-9-16/h4-9,12,15,17-19,24-25H,1-3,10-11H2,(H,23,26)/t17-,18-,19-/m1/s1. The van der Waals surface area contributed by atoms with Crippen LogP contribution in [0.15, 0.2) is 43.0 Å². The number of nitrogens with zero attached hydrogens (tertiary/aromatic N) is 2. The lowest BCUT2D eigenvalue weighted by molar-refractivity contribution is -0.127. The van der Waals surface area contributed by atoms with Crippen LogP contribution >= 0.6 is 0 Å². The molecule has 0 unspecified atom stereocenters. The highest BCUT2D eigenvalue weighted by atomic mass is 16.3. The molecular weight excluding hydrogens is 328 g/mol. The summed E-state index contributed by atoms with van der Waals surface area (Å²) in [5, 5.41) is 16.1. The van der Waals surface area contributed by atoms with Crippen molar-refractivity contribution in [1.29, 1.82) is 0 Å². The predicted molar refractivity (Wildman–Crippen MR) is 98.4 cm³/mol. The molecule has 2 aromatic rings. The Bertz CT molecular complexity index is 746. The average molecular weight is 352 g/mol. The van der Waals surface area contributed by atoms with Crippen LogP contribution < -0.4 is 10.6 Å². The van der Waals surface area contributed by atoms with Crippen molar-refractivity contribution < 1.29 is 9.90 Å². The number of amides is 1. The van der Waals surface area contributed by atoms with Crippen molar-refractivity contribution in [1.82, 2.24) is 20.6 Å². The fourth-order valence-corrected chi connectivity index (χ4v) is 3.83. The second-order valence-electron chi connectivity index (χ2n) is 7.21. The number of aliphatic hydroxyl groups is 1. The van der Waals surface area contributed by atoms with Gasteiger partial charge in [0.25, 0.3) is 0 Å². The monoisotopic (exact) mass is 352 g/mol. The molecule has 2 fully saturated rings. The van der Waals surface area contributed by atoms with Gasteiger partial charge < -0.3 is 15.7 Å². The molecule has 1 aliphatic carbocycles. The number of carbonyl (C=O) groups is 1. The molecule has 26 heavy (non-hydrogen) atoms. The number of nitrogens with one attached hydrogen (secondary N) is 2. The first-order valence-corrected chi connectivity index (χ1v) is 9.26. The van der Waals surface area contributed by atoms with Crippen molar-refractivity contribution >= 4 is 5.91 Å². The molecule has 3 N–H and O–H groups in total. The molecule has 0 radical (unpaired) electrons. The summed E-state index contributed by atoms with van der Waals surface area (Å²) in [6, 6.07) is 8.50. The van der Waals surface area contributed by atoms with E-state index in [-0.39, 0.29) is 36.4 Å². The molecule has 1 aromatic carbocycles. The fourth-order valence-electron chi connectivity index (χ4n) is 3.83. The minimum absolute atomic E-state index is 0.0338. The third-order valence-electron chi connectivity index (χ3n) is 5.65. The second kappa shape index (κ2) is 7.51. The van der Waals surface area contributed by atoms with E-state index in [4.69, 9.17) is 0 Å². The van der Waals surface area contributed by atoms with Crippen LogP contribution in [0.1, 0.15) is 30.7 Å². The zero-order chi connectivity index (χ0) is 17.9. The van der Waals surface area contributed by atoms with Crippen molar-refractivity contribution in [2.75, 3.05) is 13.2 Å². The zero-order valence-corrected chi connectivity index (χ0v) is 14.6. The Morgan fingerprint density at radius 1 is 1.12 bits per heavy atom. The summed E-state index contributed by atoms with van der Waals surface area (Å²) in [4.78, 5) is 20.2. The van der Waals surface area contributed by atoms with Crippen LogP contribution in [0.4, 0.5) is 0 Å². The first-order chi connectivity index (χ1) is 12.8. The summed E-state index contributed by atoms with van der Waals surface area (Å²) in [7, 11) is 0. The predicted octanol–water partition coefficient (Wildman–Crippen LogP) is 1.48. The largest absolute Gasteiger partial charge is 0.395 e. The minimum atomic E-state index is 0.0338. The number of carbonyl (C=O) groups excluding carboxylic acids is 1. The maximum Gasteiger partial charge on any atom is 0.223 e. The van der Waals surface area contributed by atoms with Gasteiger partial charge in [0.15, 0.2) is 0 Å². The van der Waals surface area contributed by atoms with Gasteiger partial charge in [0.05, 0.1) is 6.61 Å². The molecule has 6 nitrogen and oxygen atoms in total. The third-order valence-corrected chi connectivity index (χ3v) is 5.65. The molecule has 2 aliphatic rings. The fraction of sp³-hybridized carbons (Fsp3) is 0.450. The smallest absolute Gasteiger partial charge is 0.223 e. The zero-order valence-electron chi connectivity index (χ0n) is 14.6. The lowest BCUT2D eigenvalue weighted by atomic mass is 9.77. The number of aliphatic hydroxyl groups excluding tert-OH is 1. The number of hydrogen-bond donors (Lipinski definition) is 3. The van der Waals surface area contributed by atoms with Crippen molar-refractivity contribution in [2.24, 2.45) is 5.92 Å². The Balaban J connectivity index is 1.42. The van der Waals surface area contributed by atoms with E-state index in [9.17, 15) is 9.90 Å². The van der Waals surface area contributed by atoms with E-state index >= 15 is 0 Å². The average Bonchev–Trinajstić information content (AvgIpc) is 2.61. The maximum absolute atomic E-state index is 12.1. The minimum Gasteiger partial charge on any atom is -0.395 e. The second-order valence-corrected chi connectivity index (χ2v) is 7.21. The topological polar surface area (TPSA) is 87.1 Å². The number of benzene rings is 1. The van der Waals surface area contributed by atoms with E-state index in [2.05, 4.69) is 44.9 Å². The van der Waals surface area contributed by atoms with E-state index in [0.717, 1.165) is 30.4 Å². The van der Waals surface area contributed by atoms with Crippen molar-refractivity contribution in [2.45, 2.75) is 37.3 Å². The molecule has 3 atom stereocenters. The van der Waals surface area contributed by atoms with Crippen LogP contribution in [0.5, 0.6) is 0 Å². The summed E-state index contributed by atoms with van der Waals surface area (Å²) in [6.07, 6.45) is 8.29. The lowest BCUT2D eigenvalue weighted by Crippen LogP contribution is -2.65. The van der Waals surface area contributed by atoms with Crippen LogP contribution in [0.3, 0.4) is 0 Å². The Kier molecular flexibility index (Phi) is 4.95. The Hall–Kier alpha value is -2.31. The van der Waals surface area contributed by atoms with Gasteiger partial charge in [-0.2, -0.15) is 0 Å². The molecule has 1 saturated carbocycles. The van der Waals surface area contributed by atoms with Crippen LogP contribution in [0, 0.1) is 5.92 Å². The molecule has 4 rings (SSSR count). The first-order valence-electron chi connectivity index (χ1n) is 9.26. The van der Waals surface area contributed by atoms with Gasteiger partial charge in [0.2, 0.25) is 5.91 Å². The van der Waals surface area contributed by atoms with E-state index < -0.39 is 0 Å². The summed E-state index contributed by atoms with van der Waals surface area (Å²) in [5.41, 5.74) is 3.22. The number of aromatic nitrogens is 2. The molecule has 1 aliphatic heterocycles. The quantitative estimate of drug-likeness (QED) is 0.733. The molecule has 1 amide bonds. The highest BCUT2D eigenvalue weighted by Crippen LogP contribution is 2.33. The summed E-state index contributed by atoms with van der Waals surface area (Å²) >= 11 is 0. The lowest BCUT2D eigenvalue weighted by Gasteiger charge is -2.46. The van der Waals surface area contributed by atoms with E-state index in [0.29, 0.717) is 6.54 Å². The van der Waals surface area contributed by atoms with Gasteiger partial charge in [-0.3, -0.25) is 4.79 Å². The van der Waals surface area contributed by atoms with Crippen LogP contribution in [0.2, 0.25) is 0 Å². The van der Waals surface area contributed by atoms with Crippen molar-refractivity contribution in [3.63, 3.8) is 0 Å².